The number of hydrogen-bond donors (Lipinski definition) is 0. The molecular weight excluding hydrogens is 420 g/mol. The normalized spacial score (nSPS) is 14.4. The van der Waals surface area contributed by atoms with E-state index in [0.717, 1.165) is 0 Å². The van der Waals surface area contributed by atoms with Crippen molar-refractivity contribution in [1.29, 1.82) is 0 Å². The average molecular weight is 435 g/mol. The summed E-state index contributed by atoms with van der Waals surface area (Å²) in [6.45, 7) is 1.03. The van der Waals surface area contributed by atoms with Gasteiger partial charge in [-0.3, -0.25) is 9.48 Å². The summed E-state index contributed by atoms with van der Waals surface area (Å²) >= 11 is 0. The van der Waals surface area contributed by atoms with E-state index in [2.05, 4.69) is 5.10 Å². The average Bonchev–Trinajstić information content (AvgIpc) is 3.08. The van der Waals surface area contributed by atoms with Crippen molar-refractivity contribution in [2.75, 3.05) is 6.54 Å². The molecule has 3 rings (SSSR count). The number of rotatable bonds is 3. The van der Waals surface area contributed by atoms with E-state index in [4.69, 9.17) is 4.74 Å². The molecule has 1 aromatic heterocycles. The Hall–Kier alpha value is -3.05. The van der Waals surface area contributed by atoms with Crippen LogP contribution in [0.25, 0.3) is 0 Å². The van der Waals surface area contributed by atoms with E-state index < -0.39 is 41.7 Å². The van der Waals surface area contributed by atoms with Crippen LogP contribution in [0, 0.1) is 0 Å². The largest absolute Gasteiger partial charge is 0.445 e. The van der Waals surface area contributed by atoms with Crippen LogP contribution in [0.15, 0.2) is 24.3 Å². The third-order valence-electron chi connectivity index (χ3n) is 4.43. The van der Waals surface area contributed by atoms with Gasteiger partial charge in [0.2, 0.25) is 0 Å². The fourth-order valence-corrected chi connectivity index (χ4v) is 2.93. The maximum Gasteiger partial charge on any atom is 0.416 e. The van der Waals surface area contributed by atoms with E-state index in [1.165, 1.54) is 17.9 Å². The second-order valence-corrected chi connectivity index (χ2v) is 6.69. The lowest BCUT2D eigenvalue weighted by molar-refractivity contribution is -0.143. The zero-order valence-electron chi connectivity index (χ0n) is 15.5. The van der Waals surface area contributed by atoms with Crippen LogP contribution < -0.4 is 0 Å². The van der Waals surface area contributed by atoms with Gasteiger partial charge in [-0.25, -0.2) is 4.79 Å². The number of fused-ring (bicyclic) bond motifs is 1. The molecule has 0 radical (unpaired) electrons. The first-order valence-electron chi connectivity index (χ1n) is 8.62. The van der Waals surface area contributed by atoms with E-state index in [9.17, 15) is 35.9 Å². The highest BCUT2D eigenvalue weighted by atomic mass is 19.4. The summed E-state index contributed by atoms with van der Waals surface area (Å²) in [5.41, 5.74) is -2.62. The Morgan fingerprint density at radius 3 is 2.13 bits per heavy atom. The topological polar surface area (TPSA) is 64.4 Å². The van der Waals surface area contributed by atoms with Gasteiger partial charge in [0.25, 0.3) is 0 Å². The minimum absolute atomic E-state index is 0.00369. The molecule has 0 saturated carbocycles. The lowest BCUT2D eigenvalue weighted by Crippen LogP contribution is -2.38. The molecule has 2 heterocycles. The molecule has 0 N–H and O–H groups in total. The Morgan fingerprint density at radius 1 is 1.00 bits per heavy atom. The standard InChI is InChI=1S/C18H15F6N3O3/c1-10(28)15-7-14-8-26(2-3-27(14)25-15)16(29)30-9-11-4-12(17(19,20)21)6-13(5-11)18(22,23)24/h4-7H,2-3,8-9H2,1H3. The zero-order chi connectivity index (χ0) is 22.3. The lowest BCUT2D eigenvalue weighted by Gasteiger charge is -2.27. The van der Waals surface area contributed by atoms with Crippen LogP contribution in [0.2, 0.25) is 0 Å². The summed E-state index contributed by atoms with van der Waals surface area (Å²) in [5, 5.41) is 4.08. The summed E-state index contributed by atoms with van der Waals surface area (Å²) < 4.78 is 83.9. The van der Waals surface area contributed by atoms with E-state index in [1.807, 2.05) is 0 Å². The van der Waals surface area contributed by atoms with Crippen molar-refractivity contribution in [1.82, 2.24) is 14.7 Å². The van der Waals surface area contributed by atoms with Crippen molar-refractivity contribution in [3.8, 4) is 0 Å². The summed E-state index contributed by atoms with van der Waals surface area (Å²) in [6, 6.07) is 2.52. The number of ketones is 1. The Bertz CT molecular complexity index is 948. The van der Waals surface area contributed by atoms with E-state index >= 15 is 0 Å². The molecule has 1 aromatic carbocycles. The van der Waals surface area contributed by atoms with E-state index in [-0.39, 0.29) is 37.2 Å². The zero-order valence-corrected chi connectivity index (χ0v) is 15.5. The number of benzene rings is 1. The van der Waals surface area contributed by atoms with Crippen LogP contribution in [-0.4, -0.2) is 33.1 Å². The van der Waals surface area contributed by atoms with Gasteiger partial charge < -0.3 is 9.64 Å². The number of carbonyl (C=O) groups is 2. The molecule has 1 aliphatic rings. The number of halogens is 6. The summed E-state index contributed by atoms with van der Waals surface area (Å²) in [7, 11) is 0. The molecule has 0 fully saturated rings. The molecule has 12 heteroatoms. The van der Waals surface area contributed by atoms with Gasteiger partial charge >= 0.3 is 18.4 Å². The van der Waals surface area contributed by atoms with Gasteiger partial charge in [0.15, 0.2) is 5.78 Å². The number of amides is 1. The van der Waals surface area contributed by atoms with E-state index in [0.29, 0.717) is 17.8 Å². The summed E-state index contributed by atoms with van der Waals surface area (Å²) in [5.74, 6) is -0.254. The third-order valence-corrected chi connectivity index (χ3v) is 4.43. The highest BCUT2D eigenvalue weighted by Crippen LogP contribution is 2.36. The molecule has 0 atom stereocenters. The van der Waals surface area contributed by atoms with Crippen LogP contribution in [0.3, 0.4) is 0 Å². The number of alkyl halides is 6. The number of Topliss-reactive ketones (excluding diaryl/α,β-unsaturated/α-hetero) is 1. The fraction of sp³-hybridized carbons (Fsp3) is 0.389. The van der Waals surface area contributed by atoms with Crippen molar-refractivity contribution in [2.45, 2.75) is 39.0 Å². The lowest BCUT2D eigenvalue weighted by atomic mass is 10.1. The van der Waals surface area contributed by atoms with Gasteiger partial charge in [0.05, 0.1) is 29.9 Å². The van der Waals surface area contributed by atoms with Crippen LogP contribution in [0.5, 0.6) is 0 Å². The van der Waals surface area contributed by atoms with Gasteiger partial charge in [-0.1, -0.05) is 0 Å². The third kappa shape index (κ3) is 4.74. The Morgan fingerprint density at radius 2 is 1.60 bits per heavy atom. The molecule has 1 aliphatic heterocycles. The molecule has 162 valence electrons. The van der Waals surface area contributed by atoms with Crippen molar-refractivity contribution in [3.63, 3.8) is 0 Å². The first-order chi connectivity index (χ1) is 13.8. The van der Waals surface area contributed by atoms with Crippen LogP contribution in [0.1, 0.15) is 39.8 Å². The first kappa shape index (κ1) is 21.7. The number of nitrogens with zero attached hydrogens (tertiary/aromatic N) is 3. The van der Waals surface area contributed by atoms with Gasteiger partial charge in [0.1, 0.15) is 12.3 Å². The Labute approximate surface area is 166 Å². The van der Waals surface area contributed by atoms with Crippen LogP contribution >= 0.6 is 0 Å². The molecule has 0 unspecified atom stereocenters. The molecule has 6 nitrogen and oxygen atoms in total. The maximum absolute atomic E-state index is 12.9. The van der Waals surface area contributed by atoms with Gasteiger partial charge in [-0.15, -0.1) is 0 Å². The number of carbonyl (C=O) groups excluding carboxylic acids is 2. The number of hydrogen-bond acceptors (Lipinski definition) is 4. The summed E-state index contributed by atoms with van der Waals surface area (Å²) in [4.78, 5) is 24.9. The van der Waals surface area contributed by atoms with Crippen LogP contribution in [-0.2, 0) is 36.8 Å². The second-order valence-electron chi connectivity index (χ2n) is 6.69. The fourth-order valence-electron chi connectivity index (χ4n) is 2.93. The minimum atomic E-state index is -4.99. The van der Waals surface area contributed by atoms with Crippen LogP contribution in [0.4, 0.5) is 31.1 Å². The molecule has 30 heavy (non-hydrogen) atoms. The smallest absolute Gasteiger partial charge is 0.416 e. The highest BCUT2D eigenvalue weighted by Gasteiger charge is 2.37. The first-order valence-corrected chi connectivity index (χ1v) is 8.62. The molecule has 0 saturated heterocycles. The predicted molar refractivity (Wildman–Crippen MR) is 89.3 cm³/mol. The molecule has 2 aromatic rings. The molecule has 0 aliphatic carbocycles. The minimum Gasteiger partial charge on any atom is -0.445 e. The van der Waals surface area contributed by atoms with Gasteiger partial charge in [-0.2, -0.15) is 31.4 Å². The Kier molecular flexibility index (Phi) is 5.52. The molecule has 1 amide bonds. The van der Waals surface area contributed by atoms with Gasteiger partial charge in [0, 0.05) is 13.5 Å². The monoisotopic (exact) mass is 435 g/mol. The van der Waals surface area contributed by atoms with E-state index in [1.54, 1.807) is 4.68 Å². The van der Waals surface area contributed by atoms with Crippen molar-refractivity contribution >= 4 is 11.9 Å². The SMILES string of the molecule is CC(=O)c1cc2n(n1)CCN(C(=O)OCc1cc(C(F)(F)F)cc(C(F)(F)F)c1)C2. The number of aromatic nitrogens is 2. The second kappa shape index (κ2) is 7.65. The van der Waals surface area contributed by atoms with Crippen molar-refractivity contribution in [3.05, 3.63) is 52.3 Å². The highest BCUT2D eigenvalue weighted by molar-refractivity contribution is 5.92. The van der Waals surface area contributed by atoms with Crippen molar-refractivity contribution in [2.24, 2.45) is 0 Å². The molecule has 0 spiro atoms. The quantitative estimate of drug-likeness (QED) is 0.534. The predicted octanol–water partition coefficient (Wildman–Crippen LogP) is 4.28. The molecular formula is C18H15F6N3O3. The molecule has 0 bridgehead atoms. The van der Waals surface area contributed by atoms with Gasteiger partial charge in [-0.05, 0) is 29.8 Å². The maximum atomic E-state index is 12.9. The Balaban J connectivity index is 1.72. The summed E-state index contributed by atoms with van der Waals surface area (Å²) in [6.07, 6.45) is -10.9. The van der Waals surface area contributed by atoms with Crippen molar-refractivity contribution < 1.29 is 40.7 Å². The number of ether oxygens (including phenoxy) is 1.